The SMILES string of the molecule is CCN(CC)c1cc(C(=O)NC2CCCC2)ncn1. The third-order valence-corrected chi connectivity index (χ3v) is 3.66. The van der Waals surface area contributed by atoms with Crippen molar-refractivity contribution in [2.45, 2.75) is 45.6 Å². The quantitative estimate of drug-likeness (QED) is 0.881. The van der Waals surface area contributed by atoms with Crippen LogP contribution in [0.4, 0.5) is 5.82 Å². The van der Waals surface area contributed by atoms with Crippen molar-refractivity contribution < 1.29 is 4.79 Å². The average Bonchev–Trinajstić information content (AvgIpc) is 2.93. The zero-order valence-corrected chi connectivity index (χ0v) is 11.7. The summed E-state index contributed by atoms with van der Waals surface area (Å²) >= 11 is 0. The van der Waals surface area contributed by atoms with Gasteiger partial charge in [-0.1, -0.05) is 12.8 Å². The van der Waals surface area contributed by atoms with E-state index in [0.29, 0.717) is 11.7 Å². The Balaban J connectivity index is 2.06. The molecular formula is C14H22N4O. The highest BCUT2D eigenvalue weighted by atomic mass is 16.1. The van der Waals surface area contributed by atoms with E-state index in [0.717, 1.165) is 31.7 Å². The van der Waals surface area contributed by atoms with E-state index in [1.165, 1.54) is 19.2 Å². The van der Waals surface area contributed by atoms with Crippen LogP contribution < -0.4 is 10.2 Å². The molecule has 0 radical (unpaired) electrons. The van der Waals surface area contributed by atoms with Gasteiger partial charge >= 0.3 is 0 Å². The monoisotopic (exact) mass is 262 g/mol. The molecule has 5 nitrogen and oxygen atoms in total. The molecule has 1 saturated carbocycles. The molecule has 1 amide bonds. The largest absolute Gasteiger partial charge is 0.357 e. The van der Waals surface area contributed by atoms with E-state index in [4.69, 9.17) is 0 Å². The van der Waals surface area contributed by atoms with Crippen molar-refractivity contribution in [1.82, 2.24) is 15.3 Å². The van der Waals surface area contributed by atoms with E-state index in [9.17, 15) is 4.79 Å². The van der Waals surface area contributed by atoms with Gasteiger partial charge in [-0.3, -0.25) is 4.79 Å². The number of anilines is 1. The Bertz CT molecular complexity index is 425. The van der Waals surface area contributed by atoms with Crippen LogP contribution in [0.3, 0.4) is 0 Å². The highest BCUT2D eigenvalue weighted by molar-refractivity contribution is 5.93. The molecule has 1 aliphatic carbocycles. The van der Waals surface area contributed by atoms with Gasteiger partial charge in [0, 0.05) is 25.2 Å². The van der Waals surface area contributed by atoms with Gasteiger partial charge in [-0.2, -0.15) is 0 Å². The van der Waals surface area contributed by atoms with Crippen molar-refractivity contribution in [2.75, 3.05) is 18.0 Å². The van der Waals surface area contributed by atoms with Crippen molar-refractivity contribution in [1.29, 1.82) is 0 Å². The maximum atomic E-state index is 12.1. The fourth-order valence-corrected chi connectivity index (χ4v) is 2.52. The summed E-state index contributed by atoms with van der Waals surface area (Å²) in [6.07, 6.45) is 6.05. The summed E-state index contributed by atoms with van der Waals surface area (Å²) in [6, 6.07) is 2.09. The topological polar surface area (TPSA) is 58.1 Å². The zero-order chi connectivity index (χ0) is 13.7. The Morgan fingerprint density at radius 2 is 2.00 bits per heavy atom. The van der Waals surface area contributed by atoms with Crippen LogP contribution in [-0.2, 0) is 0 Å². The molecule has 5 heteroatoms. The molecule has 0 aromatic carbocycles. The minimum absolute atomic E-state index is 0.0808. The van der Waals surface area contributed by atoms with Crippen molar-refractivity contribution >= 4 is 11.7 Å². The van der Waals surface area contributed by atoms with Gasteiger partial charge in [-0.05, 0) is 26.7 Å². The van der Waals surface area contributed by atoms with E-state index in [1.54, 1.807) is 6.07 Å². The van der Waals surface area contributed by atoms with E-state index in [1.807, 2.05) is 0 Å². The standard InChI is InChI=1S/C14H22N4O/c1-3-18(4-2)13-9-12(15-10-16-13)14(19)17-11-7-5-6-8-11/h9-11H,3-8H2,1-2H3,(H,17,19). The smallest absolute Gasteiger partial charge is 0.270 e. The number of nitrogens with one attached hydrogen (secondary N) is 1. The predicted molar refractivity (Wildman–Crippen MR) is 75.3 cm³/mol. The van der Waals surface area contributed by atoms with Gasteiger partial charge in [-0.25, -0.2) is 9.97 Å². The molecule has 0 bridgehead atoms. The Morgan fingerprint density at radius 3 is 2.63 bits per heavy atom. The first-order chi connectivity index (χ1) is 9.24. The second-order valence-corrected chi connectivity index (χ2v) is 4.89. The molecule has 0 spiro atoms. The molecular weight excluding hydrogens is 240 g/mol. The maximum Gasteiger partial charge on any atom is 0.270 e. The number of rotatable bonds is 5. The molecule has 1 fully saturated rings. The number of aromatic nitrogens is 2. The number of hydrogen-bond acceptors (Lipinski definition) is 4. The van der Waals surface area contributed by atoms with Crippen molar-refractivity contribution in [3.63, 3.8) is 0 Å². The van der Waals surface area contributed by atoms with Gasteiger partial charge in [0.15, 0.2) is 0 Å². The summed E-state index contributed by atoms with van der Waals surface area (Å²) in [5.74, 6) is 0.735. The highest BCUT2D eigenvalue weighted by Crippen LogP contribution is 2.18. The van der Waals surface area contributed by atoms with Crippen LogP contribution in [0.1, 0.15) is 50.0 Å². The first kappa shape index (κ1) is 13.8. The minimum Gasteiger partial charge on any atom is -0.357 e. The highest BCUT2D eigenvalue weighted by Gasteiger charge is 2.19. The molecule has 0 aliphatic heterocycles. The summed E-state index contributed by atoms with van der Waals surface area (Å²) in [7, 11) is 0. The Labute approximate surface area is 114 Å². The molecule has 1 N–H and O–H groups in total. The van der Waals surface area contributed by atoms with Crippen LogP contribution in [0.5, 0.6) is 0 Å². The van der Waals surface area contributed by atoms with Crippen molar-refractivity contribution in [3.8, 4) is 0 Å². The number of nitrogens with zero attached hydrogens (tertiary/aromatic N) is 3. The summed E-state index contributed by atoms with van der Waals surface area (Å²) in [5.41, 5.74) is 0.462. The summed E-state index contributed by atoms with van der Waals surface area (Å²) < 4.78 is 0. The Hall–Kier alpha value is -1.65. The maximum absolute atomic E-state index is 12.1. The molecule has 0 atom stereocenters. The lowest BCUT2D eigenvalue weighted by Crippen LogP contribution is -2.33. The van der Waals surface area contributed by atoms with E-state index in [2.05, 4.69) is 34.0 Å². The average molecular weight is 262 g/mol. The fourth-order valence-electron chi connectivity index (χ4n) is 2.52. The molecule has 19 heavy (non-hydrogen) atoms. The van der Waals surface area contributed by atoms with Crippen LogP contribution in [0, 0.1) is 0 Å². The van der Waals surface area contributed by atoms with Gasteiger partial charge < -0.3 is 10.2 Å². The van der Waals surface area contributed by atoms with E-state index in [-0.39, 0.29) is 5.91 Å². The summed E-state index contributed by atoms with van der Waals surface area (Å²) in [5, 5.41) is 3.05. The predicted octanol–water partition coefficient (Wildman–Crippen LogP) is 2.00. The second-order valence-electron chi connectivity index (χ2n) is 4.89. The third-order valence-electron chi connectivity index (χ3n) is 3.66. The first-order valence-electron chi connectivity index (χ1n) is 7.12. The molecule has 0 saturated heterocycles. The summed E-state index contributed by atoms with van der Waals surface area (Å²) in [6.45, 7) is 5.89. The van der Waals surface area contributed by atoms with Gasteiger partial charge in [-0.15, -0.1) is 0 Å². The molecule has 2 rings (SSSR count). The molecule has 104 valence electrons. The van der Waals surface area contributed by atoms with Gasteiger partial charge in [0.1, 0.15) is 17.8 Å². The molecule has 1 aromatic heterocycles. The number of hydrogen-bond donors (Lipinski definition) is 1. The number of carbonyl (C=O) groups is 1. The molecule has 1 aromatic rings. The first-order valence-corrected chi connectivity index (χ1v) is 7.12. The Kier molecular flexibility index (Phi) is 4.71. The normalized spacial score (nSPS) is 15.5. The zero-order valence-electron chi connectivity index (χ0n) is 11.7. The fraction of sp³-hybridized carbons (Fsp3) is 0.643. The van der Waals surface area contributed by atoms with Crippen molar-refractivity contribution in [3.05, 3.63) is 18.1 Å². The lowest BCUT2D eigenvalue weighted by molar-refractivity contribution is 0.0932. The van der Waals surface area contributed by atoms with E-state index >= 15 is 0 Å². The van der Waals surface area contributed by atoms with Crippen LogP contribution in [0.15, 0.2) is 12.4 Å². The van der Waals surface area contributed by atoms with Crippen LogP contribution >= 0.6 is 0 Å². The number of carbonyl (C=O) groups excluding carboxylic acids is 1. The lowest BCUT2D eigenvalue weighted by atomic mass is 10.2. The van der Waals surface area contributed by atoms with Crippen LogP contribution in [0.2, 0.25) is 0 Å². The molecule has 1 heterocycles. The van der Waals surface area contributed by atoms with E-state index < -0.39 is 0 Å². The minimum atomic E-state index is -0.0808. The second kappa shape index (κ2) is 6.50. The van der Waals surface area contributed by atoms with Crippen LogP contribution in [-0.4, -0.2) is 35.0 Å². The van der Waals surface area contributed by atoms with Gasteiger partial charge in [0.2, 0.25) is 0 Å². The van der Waals surface area contributed by atoms with Gasteiger partial charge in [0.25, 0.3) is 5.91 Å². The summed E-state index contributed by atoms with van der Waals surface area (Å²) in [4.78, 5) is 22.6. The van der Waals surface area contributed by atoms with Gasteiger partial charge in [0.05, 0.1) is 0 Å². The lowest BCUT2D eigenvalue weighted by Gasteiger charge is -2.19. The third kappa shape index (κ3) is 3.43. The molecule has 0 unspecified atom stereocenters. The number of amides is 1. The van der Waals surface area contributed by atoms with Crippen LogP contribution in [0.25, 0.3) is 0 Å². The Morgan fingerprint density at radius 1 is 1.32 bits per heavy atom. The van der Waals surface area contributed by atoms with Crippen molar-refractivity contribution in [2.24, 2.45) is 0 Å². The molecule has 1 aliphatic rings.